The first kappa shape index (κ1) is 25.6. The summed E-state index contributed by atoms with van der Waals surface area (Å²) < 4.78 is 25.4. The topological polar surface area (TPSA) is 97.4 Å². The van der Waals surface area contributed by atoms with Crippen molar-refractivity contribution in [1.29, 1.82) is 0 Å². The molecule has 0 saturated carbocycles. The molecule has 0 aromatic rings. The number of rotatable bonds is 15. The smallest absolute Gasteiger partial charge is 0.310 e. The van der Waals surface area contributed by atoms with E-state index in [2.05, 4.69) is 13.2 Å². The number of ether oxygens (including phenoxy) is 5. The molecule has 0 rings (SSSR count). The van der Waals surface area contributed by atoms with Crippen molar-refractivity contribution in [2.45, 2.75) is 72.0 Å². The molecule has 0 bridgehead atoms. The van der Waals surface area contributed by atoms with Gasteiger partial charge in [0.15, 0.2) is 19.0 Å². The summed E-state index contributed by atoms with van der Waals surface area (Å²) in [5.74, 6) is -0.795. The molecule has 0 aromatic heterocycles. The third kappa shape index (κ3) is 13.8. The predicted molar refractivity (Wildman–Crippen MR) is 102 cm³/mol. The predicted octanol–water partition coefficient (Wildman–Crippen LogP) is 3.40. The summed E-state index contributed by atoms with van der Waals surface area (Å²) in [5, 5.41) is 0. The number of hydrogen-bond acceptors (Lipinski definition) is 8. The summed E-state index contributed by atoms with van der Waals surface area (Å²) >= 11 is 0. The van der Waals surface area contributed by atoms with Gasteiger partial charge in [0, 0.05) is 20.3 Å². The van der Waals surface area contributed by atoms with Crippen LogP contribution in [-0.4, -0.2) is 43.5 Å². The Balaban J connectivity index is 3.63. The maximum Gasteiger partial charge on any atom is 0.310 e. The SMILES string of the molecule is C=C(OCOCCCCCCC(=O)OC(=C)C(C)OC(C)=O)C(C)OC(C)=O. The Morgan fingerprint density at radius 2 is 1.36 bits per heavy atom. The molecule has 2 unspecified atom stereocenters. The van der Waals surface area contributed by atoms with Gasteiger partial charge in [0.1, 0.15) is 11.5 Å². The van der Waals surface area contributed by atoms with Gasteiger partial charge < -0.3 is 23.7 Å². The average molecular weight is 400 g/mol. The van der Waals surface area contributed by atoms with E-state index in [0.717, 1.165) is 19.3 Å². The van der Waals surface area contributed by atoms with Crippen molar-refractivity contribution in [1.82, 2.24) is 0 Å². The van der Waals surface area contributed by atoms with Gasteiger partial charge in [-0.25, -0.2) is 0 Å². The standard InChI is InChI=1S/C20H32O8/c1-14(15(2)26-18(5)21)25-13-24-12-10-8-7-9-11-20(23)28-17(4)16(3)27-19(6)22/h15-16H,1,4,7-13H2,2-3,5-6H3. The van der Waals surface area contributed by atoms with Crippen molar-refractivity contribution in [2.24, 2.45) is 0 Å². The number of esters is 3. The Kier molecular flexibility index (Phi) is 13.4. The van der Waals surface area contributed by atoms with Gasteiger partial charge in [-0.2, -0.15) is 0 Å². The van der Waals surface area contributed by atoms with E-state index < -0.39 is 30.1 Å². The highest BCUT2D eigenvalue weighted by Gasteiger charge is 2.14. The van der Waals surface area contributed by atoms with Crippen LogP contribution in [0.1, 0.15) is 59.8 Å². The lowest BCUT2D eigenvalue weighted by Crippen LogP contribution is -2.18. The summed E-state index contributed by atoms with van der Waals surface area (Å²) in [4.78, 5) is 33.4. The number of carbonyl (C=O) groups is 3. The molecule has 160 valence electrons. The van der Waals surface area contributed by atoms with Crippen molar-refractivity contribution in [2.75, 3.05) is 13.4 Å². The molecule has 0 spiro atoms. The van der Waals surface area contributed by atoms with E-state index in [1.807, 2.05) is 0 Å². The lowest BCUT2D eigenvalue weighted by molar-refractivity contribution is -0.150. The minimum atomic E-state index is -0.658. The number of unbranched alkanes of at least 4 members (excludes halogenated alkanes) is 3. The van der Waals surface area contributed by atoms with Gasteiger partial charge in [-0.05, 0) is 26.7 Å². The first-order valence-corrected chi connectivity index (χ1v) is 9.26. The van der Waals surface area contributed by atoms with Gasteiger partial charge in [0.05, 0.1) is 6.61 Å². The zero-order chi connectivity index (χ0) is 21.5. The van der Waals surface area contributed by atoms with Crippen molar-refractivity contribution in [3.05, 3.63) is 24.7 Å². The maximum atomic E-state index is 11.7. The zero-order valence-corrected chi connectivity index (χ0v) is 17.3. The molecule has 28 heavy (non-hydrogen) atoms. The van der Waals surface area contributed by atoms with Gasteiger partial charge in [0.2, 0.25) is 0 Å². The van der Waals surface area contributed by atoms with E-state index in [1.54, 1.807) is 13.8 Å². The summed E-state index contributed by atoms with van der Waals surface area (Å²) in [6, 6.07) is 0. The molecule has 0 N–H and O–H groups in total. The third-order valence-corrected chi connectivity index (χ3v) is 3.58. The Hall–Kier alpha value is -2.35. The average Bonchev–Trinajstić information content (AvgIpc) is 2.58. The summed E-state index contributed by atoms with van der Waals surface area (Å²) in [7, 11) is 0. The molecule has 0 aliphatic carbocycles. The highest BCUT2D eigenvalue weighted by Crippen LogP contribution is 2.11. The van der Waals surface area contributed by atoms with Crippen LogP contribution in [-0.2, 0) is 38.1 Å². The van der Waals surface area contributed by atoms with Gasteiger partial charge in [-0.3, -0.25) is 14.4 Å². The van der Waals surface area contributed by atoms with Crippen LogP contribution in [0.4, 0.5) is 0 Å². The molecule has 0 radical (unpaired) electrons. The van der Waals surface area contributed by atoms with E-state index in [0.29, 0.717) is 18.8 Å². The normalized spacial score (nSPS) is 12.4. The van der Waals surface area contributed by atoms with Crippen molar-refractivity contribution >= 4 is 17.9 Å². The van der Waals surface area contributed by atoms with Crippen LogP contribution in [0.15, 0.2) is 24.7 Å². The second-order valence-electron chi connectivity index (χ2n) is 6.24. The first-order chi connectivity index (χ1) is 13.1. The van der Waals surface area contributed by atoms with E-state index >= 15 is 0 Å². The molecule has 0 aliphatic heterocycles. The largest absolute Gasteiger partial charge is 0.469 e. The minimum absolute atomic E-state index is 0.0411. The van der Waals surface area contributed by atoms with Crippen LogP contribution in [0.2, 0.25) is 0 Å². The molecule has 8 heteroatoms. The van der Waals surface area contributed by atoms with E-state index in [9.17, 15) is 14.4 Å². The second-order valence-corrected chi connectivity index (χ2v) is 6.24. The lowest BCUT2D eigenvalue weighted by atomic mass is 10.1. The monoisotopic (exact) mass is 400 g/mol. The van der Waals surface area contributed by atoms with E-state index in [4.69, 9.17) is 23.7 Å². The fourth-order valence-corrected chi connectivity index (χ4v) is 2.03. The molecule has 0 aromatic carbocycles. The molecule has 0 saturated heterocycles. The van der Waals surface area contributed by atoms with Crippen molar-refractivity contribution in [3.63, 3.8) is 0 Å². The van der Waals surface area contributed by atoms with Gasteiger partial charge in [-0.15, -0.1) is 0 Å². The Bertz CT molecular complexity index is 540. The van der Waals surface area contributed by atoms with Crippen LogP contribution >= 0.6 is 0 Å². The van der Waals surface area contributed by atoms with Crippen molar-refractivity contribution < 1.29 is 38.1 Å². The minimum Gasteiger partial charge on any atom is -0.469 e. The fourth-order valence-electron chi connectivity index (χ4n) is 2.03. The Morgan fingerprint density at radius 3 is 1.93 bits per heavy atom. The molecular weight excluding hydrogens is 368 g/mol. The second kappa shape index (κ2) is 14.7. The zero-order valence-electron chi connectivity index (χ0n) is 17.3. The highest BCUT2D eigenvalue weighted by molar-refractivity contribution is 5.71. The van der Waals surface area contributed by atoms with Crippen LogP contribution in [0.5, 0.6) is 0 Å². The van der Waals surface area contributed by atoms with Gasteiger partial charge in [-0.1, -0.05) is 26.0 Å². The quantitative estimate of drug-likeness (QED) is 0.136. The molecule has 0 amide bonds. The first-order valence-electron chi connectivity index (χ1n) is 9.26. The molecule has 0 aliphatic rings. The van der Waals surface area contributed by atoms with Crippen molar-refractivity contribution in [3.8, 4) is 0 Å². The molecule has 8 nitrogen and oxygen atoms in total. The van der Waals surface area contributed by atoms with Gasteiger partial charge in [0.25, 0.3) is 0 Å². The van der Waals surface area contributed by atoms with Crippen LogP contribution < -0.4 is 0 Å². The molecule has 2 atom stereocenters. The maximum absolute atomic E-state index is 11.7. The van der Waals surface area contributed by atoms with E-state index in [1.165, 1.54) is 13.8 Å². The molecular formula is C20H32O8. The Morgan fingerprint density at radius 1 is 0.821 bits per heavy atom. The molecule has 0 fully saturated rings. The van der Waals surface area contributed by atoms with Crippen LogP contribution in [0.25, 0.3) is 0 Å². The summed E-state index contributed by atoms with van der Waals surface area (Å²) in [6.07, 6.45) is 2.33. The number of hydrogen-bond donors (Lipinski definition) is 0. The summed E-state index contributed by atoms with van der Waals surface area (Å²) in [6.45, 7) is 13.7. The lowest BCUT2D eigenvalue weighted by Gasteiger charge is -2.15. The van der Waals surface area contributed by atoms with E-state index in [-0.39, 0.29) is 19.0 Å². The van der Waals surface area contributed by atoms with Crippen LogP contribution in [0, 0.1) is 0 Å². The van der Waals surface area contributed by atoms with Gasteiger partial charge >= 0.3 is 17.9 Å². The third-order valence-electron chi connectivity index (χ3n) is 3.58. The molecule has 0 heterocycles. The Labute approximate surface area is 166 Å². The summed E-state index contributed by atoms with van der Waals surface area (Å²) in [5.41, 5.74) is 0. The van der Waals surface area contributed by atoms with Crippen LogP contribution in [0.3, 0.4) is 0 Å². The number of carbonyl (C=O) groups excluding carboxylic acids is 3. The highest BCUT2D eigenvalue weighted by atomic mass is 16.7. The fraction of sp³-hybridized carbons (Fsp3) is 0.650.